The maximum atomic E-state index is 13.6. The van der Waals surface area contributed by atoms with Gasteiger partial charge in [0, 0.05) is 15.7 Å². The maximum Gasteiger partial charge on any atom is 0.248 e. The van der Waals surface area contributed by atoms with Gasteiger partial charge in [0.15, 0.2) is 0 Å². The van der Waals surface area contributed by atoms with E-state index in [1.54, 1.807) is 0 Å². The van der Waals surface area contributed by atoms with Crippen LogP contribution in [-0.4, -0.2) is 28.7 Å². The molecule has 1 aliphatic heterocycles. The minimum atomic E-state index is -0.863. The van der Waals surface area contributed by atoms with Gasteiger partial charge in [-0.3, -0.25) is 19.3 Å². The molecule has 7 rings (SSSR count). The molecule has 32 heavy (non-hydrogen) atoms. The highest BCUT2D eigenvalue weighted by molar-refractivity contribution is 14.1. The summed E-state index contributed by atoms with van der Waals surface area (Å²) in [5, 5.41) is 2.94. The minimum Gasteiger partial charge on any atom is -0.324 e. The summed E-state index contributed by atoms with van der Waals surface area (Å²) < 4.78 is 1.07. The Bertz CT molecular complexity index is 1090. The molecule has 2 bridgehead atoms. The van der Waals surface area contributed by atoms with E-state index in [0.717, 1.165) is 15.6 Å². The number of likely N-dealkylation sites (tertiary alicyclic amines) is 1. The Balaban J connectivity index is 1.33. The summed E-state index contributed by atoms with van der Waals surface area (Å²) in [6.07, 6.45) is 5.75. The van der Waals surface area contributed by atoms with Crippen molar-refractivity contribution < 1.29 is 14.4 Å². The fraction of sp³-hybridized carbons (Fsp3) is 0.346. The molecular formula is C26H23IN2O3. The predicted octanol–water partition coefficient (Wildman–Crippen LogP) is 3.89. The van der Waals surface area contributed by atoms with Crippen molar-refractivity contribution in [2.24, 2.45) is 35.5 Å². The summed E-state index contributed by atoms with van der Waals surface area (Å²) >= 11 is 2.21. The van der Waals surface area contributed by atoms with Crippen molar-refractivity contribution >= 4 is 46.0 Å². The van der Waals surface area contributed by atoms with Gasteiger partial charge in [0.25, 0.3) is 0 Å². The molecule has 1 N–H and O–H groups in total. The normalized spacial score (nSPS) is 32.5. The molecule has 0 radical (unpaired) electrons. The second-order valence-electron chi connectivity index (χ2n) is 9.40. The van der Waals surface area contributed by atoms with Gasteiger partial charge in [-0.15, -0.1) is 0 Å². The Morgan fingerprint density at radius 2 is 1.53 bits per heavy atom. The molecule has 6 heteroatoms. The Hall–Kier alpha value is -2.48. The standard InChI is InChI=1S/C26H23IN2O3/c27-15-6-8-16(9-7-15)28-24(30)21(12-14-4-2-1-3-5-14)29-25(31)22-17-10-11-18(20-13-19(17)20)23(22)26(29)32/h1-11,17-23H,12-13H2,(H,28,30)/t17-,18-,19-,20+,21+,22+,23+/m1/s1. The van der Waals surface area contributed by atoms with Crippen molar-refractivity contribution in [3.63, 3.8) is 0 Å². The summed E-state index contributed by atoms with van der Waals surface area (Å²) in [6, 6.07) is 16.3. The van der Waals surface area contributed by atoms with E-state index in [1.165, 1.54) is 4.90 Å². The van der Waals surface area contributed by atoms with Gasteiger partial charge in [0.1, 0.15) is 6.04 Å². The number of imide groups is 1. The molecular weight excluding hydrogens is 515 g/mol. The number of anilines is 1. The van der Waals surface area contributed by atoms with Crippen LogP contribution >= 0.6 is 22.6 Å². The van der Waals surface area contributed by atoms with Crippen LogP contribution in [0, 0.1) is 39.1 Å². The lowest BCUT2D eigenvalue weighted by atomic mass is 9.63. The van der Waals surface area contributed by atoms with E-state index >= 15 is 0 Å². The number of hydrogen-bond acceptors (Lipinski definition) is 3. The van der Waals surface area contributed by atoms with Crippen LogP contribution in [0.15, 0.2) is 66.7 Å². The highest BCUT2D eigenvalue weighted by Gasteiger charge is 2.67. The van der Waals surface area contributed by atoms with Gasteiger partial charge in [-0.05, 0) is 82.5 Å². The first-order valence-electron chi connectivity index (χ1n) is 11.2. The number of allylic oxidation sites excluding steroid dienone is 2. The first kappa shape index (κ1) is 20.1. The quantitative estimate of drug-likeness (QED) is 0.357. The molecule has 4 aliphatic carbocycles. The largest absolute Gasteiger partial charge is 0.324 e. The van der Waals surface area contributed by atoms with E-state index in [9.17, 15) is 14.4 Å². The molecule has 3 fully saturated rings. The van der Waals surface area contributed by atoms with Crippen molar-refractivity contribution in [2.75, 3.05) is 5.32 Å². The molecule has 0 aromatic heterocycles. The van der Waals surface area contributed by atoms with E-state index in [0.29, 0.717) is 23.9 Å². The molecule has 162 valence electrons. The third-order valence-corrected chi connectivity index (χ3v) is 8.41. The van der Waals surface area contributed by atoms with Crippen LogP contribution < -0.4 is 5.32 Å². The zero-order valence-corrected chi connectivity index (χ0v) is 19.5. The molecule has 7 atom stereocenters. The van der Waals surface area contributed by atoms with Crippen molar-refractivity contribution in [1.82, 2.24) is 4.90 Å². The molecule has 0 spiro atoms. The molecule has 0 unspecified atom stereocenters. The molecule has 5 aliphatic rings. The Labute approximate surface area is 200 Å². The van der Waals surface area contributed by atoms with Crippen LogP contribution in [0.2, 0.25) is 0 Å². The van der Waals surface area contributed by atoms with Gasteiger partial charge in [-0.2, -0.15) is 0 Å². The molecule has 2 saturated carbocycles. The van der Waals surface area contributed by atoms with E-state index in [-0.39, 0.29) is 41.4 Å². The number of halogens is 1. The van der Waals surface area contributed by atoms with Gasteiger partial charge in [0.05, 0.1) is 11.8 Å². The van der Waals surface area contributed by atoms with Crippen LogP contribution in [0.3, 0.4) is 0 Å². The molecule has 2 aromatic rings. The van der Waals surface area contributed by atoms with Gasteiger partial charge in [-0.1, -0.05) is 42.5 Å². The lowest BCUT2D eigenvalue weighted by molar-refractivity contribution is -0.146. The fourth-order valence-corrected chi connectivity index (χ4v) is 6.54. The smallest absolute Gasteiger partial charge is 0.248 e. The average molecular weight is 538 g/mol. The predicted molar refractivity (Wildman–Crippen MR) is 128 cm³/mol. The van der Waals surface area contributed by atoms with E-state index in [2.05, 4.69) is 40.1 Å². The number of carbonyl (C=O) groups is 3. The van der Waals surface area contributed by atoms with Crippen molar-refractivity contribution in [3.05, 3.63) is 75.9 Å². The summed E-state index contributed by atoms with van der Waals surface area (Å²) in [7, 11) is 0. The monoisotopic (exact) mass is 538 g/mol. The van der Waals surface area contributed by atoms with Crippen LogP contribution in [0.5, 0.6) is 0 Å². The lowest BCUT2D eigenvalue weighted by Crippen LogP contribution is -2.49. The number of carbonyl (C=O) groups excluding carboxylic acids is 3. The number of benzene rings is 2. The van der Waals surface area contributed by atoms with Crippen LogP contribution in [-0.2, 0) is 20.8 Å². The van der Waals surface area contributed by atoms with Gasteiger partial charge >= 0.3 is 0 Å². The maximum absolute atomic E-state index is 13.6. The van der Waals surface area contributed by atoms with Crippen LogP contribution in [0.4, 0.5) is 5.69 Å². The van der Waals surface area contributed by atoms with E-state index in [1.807, 2.05) is 54.6 Å². The Morgan fingerprint density at radius 3 is 2.12 bits per heavy atom. The number of nitrogens with one attached hydrogen (secondary N) is 1. The Morgan fingerprint density at radius 1 is 0.938 bits per heavy atom. The second kappa shape index (κ2) is 7.54. The number of nitrogens with zero attached hydrogens (tertiary/aromatic N) is 1. The zero-order valence-electron chi connectivity index (χ0n) is 17.4. The molecule has 5 nitrogen and oxygen atoms in total. The highest BCUT2D eigenvalue weighted by Crippen LogP contribution is 2.65. The van der Waals surface area contributed by atoms with E-state index < -0.39 is 6.04 Å². The summed E-state index contributed by atoms with van der Waals surface area (Å²) in [6.45, 7) is 0. The third kappa shape index (κ3) is 3.14. The Kier molecular flexibility index (Phi) is 4.75. The summed E-state index contributed by atoms with van der Waals surface area (Å²) in [5.74, 6) is 0.123. The van der Waals surface area contributed by atoms with Gasteiger partial charge < -0.3 is 5.32 Å². The highest BCUT2D eigenvalue weighted by atomic mass is 127. The molecule has 1 heterocycles. The average Bonchev–Trinajstić information content (AvgIpc) is 3.58. The molecule has 2 aromatic carbocycles. The third-order valence-electron chi connectivity index (χ3n) is 7.69. The lowest BCUT2D eigenvalue weighted by Gasteiger charge is -2.37. The number of amides is 3. The fourth-order valence-electron chi connectivity index (χ4n) is 6.18. The van der Waals surface area contributed by atoms with Crippen LogP contribution in [0.1, 0.15) is 12.0 Å². The zero-order chi connectivity index (χ0) is 22.0. The van der Waals surface area contributed by atoms with Crippen molar-refractivity contribution in [1.29, 1.82) is 0 Å². The first-order chi connectivity index (χ1) is 15.5. The number of hydrogen-bond donors (Lipinski definition) is 1. The van der Waals surface area contributed by atoms with E-state index in [4.69, 9.17) is 0 Å². The van der Waals surface area contributed by atoms with Gasteiger partial charge in [0.2, 0.25) is 17.7 Å². The summed E-state index contributed by atoms with van der Waals surface area (Å²) in [4.78, 5) is 42.0. The van der Waals surface area contributed by atoms with Crippen LogP contribution in [0.25, 0.3) is 0 Å². The SMILES string of the molecule is O=C(Nc1ccc(I)cc1)[C@H](Cc1ccccc1)N1C(=O)[C@H]2[C@@H]3C=C[C@H]([C@@H]4C[C@H]34)[C@@H]2C1=O. The van der Waals surface area contributed by atoms with Crippen molar-refractivity contribution in [2.45, 2.75) is 18.9 Å². The number of rotatable bonds is 5. The molecule has 3 amide bonds. The topological polar surface area (TPSA) is 66.5 Å². The first-order valence-corrected chi connectivity index (χ1v) is 12.3. The van der Waals surface area contributed by atoms with Gasteiger partial charge in [-0.25, -0.2) is 0 Å². The minimum absolute atomic E-state index is 0.146. The summed E-state index contributed by atoms with van der Waals surface area (Å²) in [5.41, 5.74) is 1.59. The second-order valence-corrected chi connectivity index (χ2v) is 10.6. The van der Waals surface area contributed by atoms with Crippen molar-refractivity contribution in [3.8, 4) is 0 Å². The molecule has 1 saturated heterocycles.